The largest absolute Gasteiger partial charge is 0.462 e. The smallest absolute Gasteiger partial charge is 0.306 e. The van der Waals surface area contributed by atoms with Gasteiger partial charge >= 0.3 is 11.9 Å². The minimum absolute atomic E-state index is 0.0583. The summed E-state index contributed by atoms with van der Waals surface area (Å²) in [5.74, 6) is -0.564. The molecule has 0 rings (SSSR count). The first-order chi connectivity index (χ1) is 37.1. The number of rotatable bonds is 65. The lowest BCUT2D eigenvalue weighted by Gasteiger charge is -2.15. The van der Waals surface area contributed by atoms with E-state index >= 15 is 0 Å². The predicted octanol–water partition coefficient (Wildman–Crippen LogP) is 23.6. The van der Waals surface area contributed by atoms with Crippen LogP contribution in [-0.2, 0) is 19.1 Å². The van der Waals surface area contributed by atoms with E-state index in [1.54, 1.807) is 0 Å². The van der Waals surface area contributed by atoms with E-state index in [-0.39, 0.29) is 25.2 Å². The van der Waals surface area contributed by atoms with Crippen LogP contribution in [0, 0.1) is 0 Å². The Morgan fingerprint density at radius 1 is 0.307 bits per heavy atom. The average Bonchev–Trinajstić information content (AvgIpc) is 3.41. The normalized spacial score (nSPS) is 12.2. The van der Waals surface area contributed by atoms with Crippen LogP contribution in [0.4, 0.5) is 0 Å². The highest BCUT2D eigenvalue weighted by Crippen LogP contribution is 2.19. The van der Waals surface area contributed by atoms with Crippen molar-refractivity contribution < 1.29 is 24.2 Å². The van der Waals surface area contributed by atoms with Crippen molar-refractivity contribution in [2.75, 3.05) is 13.2 Å². The topological polar surface area (TPSA) is 72.8 Å². The molecule has 1 N–H and O–H groups in total. The van der Waals surface area contributed by atoms with Crippen molar-refractivity contribution in [1.29, 1.82) is 0 Å². The first-order valence-electron chi connectivity index (χ1n) is 34.4. The molecule has 0 radical (unpaired) electrons. The third kappa shape index (κ3) is 64.8. The van der Waals surface area contributed by atoms with Gasteiger partial charge in [-0.15, -0.1) is 0 Å². The van der Waals surface area contributed by atoms with Crippen LogP contribution >= 0.6 is 0 Å². The Bertz CT molecular complexity index is 1150. The molecule has 1 unspecified atom stereocenters. The van der Waals surface area contributed by atoms with Gasteiger partial charge in [-0.3, -0.25) is 9.59 Å². The predicted molar refractivity (Wildman–Crippen MR) is 330 cm³/mol. The monoisotopic (exact) mass is 1060 g/mol. The summed E-state index contributed by atoms with van der Waals surface area (Å²) in [6.07, 6.45) is 86.4. The summed E-state index contributed by atoms with van der Waals surface area (Å²) in [5, 5.41) is 9.70. The number of carbonyl (C=O) groups is 2. The Balaban J connectivity index is 3.38. The van der Waals surface area contributed by atoms with Crippen molar-refractivity contribution in [3.63, 3.8) is 0 Å². The minimum atomic E-state index is -0.769. The molecule has 0 aliphatic rings. The van der Waals surface area contributed by atoms with Crippen LogP contribution in [0.2, 0.25) is 0 Å². The summed E-state index contributed by atoms with van der Waals surface area (Å²) < 4.78 is 10.8. The van der Waals surface area contributed by atoms with E-state index in [9.17, 15) is 14.7 Å². The molecule has 0 bridgehead atoms. The highest BCUT2D eigenvalue weighted by Gasteiger charge is 2.16. The number of carbonyl (C=O) groups excluding carboxylic acids is 2. The molecule has 0 aromatic heterocycles. The summed E-state index contributed by atoms with van der Waals surface area (Å²) in [7, 11) is 0. The van der Waals surface area contributed by atoms with Crippen molar-refractivity contribution in [2.24, 2.45) is 0 Å². The van der Waals surface area contributed by atoms with E-state index in [1.807, 2.05) is 0 Å². The molecule has 0 spiro atoms. The zero-order chi connectivity index (χ0) is 54.1. The fourth-order valence-electron chi connectivity index (χ4n) is 10.8. The molecule has 5 heteroatoms. The Hall–Kier alpha value is -1.62. The molecule has 0 aliphatic heterocycles. The van der Waals surface area contributed by atoms with Crippen molar-refractivity contribution in [2.45, 2.75) is 399 Å². The summed E-state index contributed by atoms with van der Waals surface area (Å²) in [5.41, 5.74) is 0. The highest BCUT2D eigenvalue weighted by atomic mass is 16.6. The maximum Gasteiger partial charge on any atom is 0.306 e. The first kappa shape index (κ1) is 73.4. The average molecular weight is 1060 g/mol. The van der Waals surface area contributed by atoms with E-state index in [0.717, 1.165) is 38.5 Å². The zero-order valence-corrected chi connectivity index (χ0v) is 51.1. The number of aliphatic hydroxyl groups excluding tert-OH is 1. The SMILES string of the molecule is CCCCCCC/C=C\C/C=C\CCCCCCCCCCCCCCCCCCCC(=O)OC(CO)COC(=O)CCCCCCCCCCCCCCCCCCCCCCCCCCCCCCCCCC. The van der Waals surface area contributed by atoms with E-state index in [4.69, 9.17) is 9.47 Å². The molecule has 0 saturated carbocycles. The molecule has 444 valence electrons. The molecular weight excluding hydrogens is 921 g/mol. The molecule has 0 fully saturated rings. The fraction of sp³-hybridized carbons (Fsp3) is 0.914. The summed E-state index contributed by atoms with van der Waals surface area (Å²) in [6.45, 7) is 4.20. The Labute approximate surface area is 470 Å². The Morgan fingerprint density at radius 2 is 0.533 bits per heavy atom. The Morgan fingerprint density at radius 3 is 0.787 bits per heavy atom. The molecule has 0 aromatic rings. The summed E-state index contributed by atoms with van der Waals surface area (Å²) in [6, 6.07) is 0. The van der Waals surface area contributed by atoms with Crippen LogP contribution in [0.5, 0.6) is 0 Å². The summed E-state index contributed by atoms with van der Waals surface area (Å²) >= 11 is 0. The lowest BCUT2D eigenvalue weighted by atomic mass is 10.0. The van der Waals surface area contributed by atoms with Crippen LogP contribution in [0.1, 0.15) is 393 Å². The molecule has 0 saturated heterocycles. The standard InChI is InChI=1S/C70H134O5/c1-3-5-7-9-11-13-15-17-19-21-23-25-27-29-31-33-34-35-37-38-40-42-44-46-48-50-52-54-56-58-60-62-64-69(72)74-67-68(66-71)75-70(73)65-63-61-59-57-55-53-51-49-47-45-43-41-39-36-32-30-28-26-24-22-20-18-16-14-12-10-8-6-4-2/h16,18,22,24,68,71H,3-15,17,19-21,23,25-67H2,1-2H3/b18-16-,24-22-. The van der Waals surface area contributed by atoms with Gasteiger partial charge in [0.1, 0.15) is 6.61 Å². The number of ether oxygens (including phenoxy) is 2. The van der Waals surface area contributed by atoms with Gasteiger partial charge in [0.25, 0.3) is 0 Å². The second kappa shape index (κ2) is 66.7. The van der Waals surface area contributed by atoms with Gasteiger partial charge in [0, 0.05) is 12.8 Å². The maximum absolute atomic E-state index is 12.4. The molecule has 5 nitrogen and oxygen atoms in total. The lowest BCUT2D eigenvalue weighted by molar-refractivity contribution is -0.161. The number of esters is 2. The molecular formula is C70H134O5. The number of hydrogen-bond donors (Lipinski definition) is 1. The molecule has 0 heterocycles. The van der Waals surface area contributed by atoms with Crippen LogP contribution in [-0.4, -0.2) is 36.4 Å². The van der Waals surface area contributed by atoms with Gasteiger partial charge in [-0.25, -0.2) is 0 Å². The first-order valence-corrected chi connectivity index (χ1v) is 34.4. The van der Waals surface area contributed by atoms with E-state index < -0.39 is 6.10 Å². The number of aliphatic hydroxyl groups is 1. The van der Waals surface area contributed by atoms with Gasteiger partial charge in [-0.2, -0.15) is 0 Å². The third-order valence-electron chi connectivity index (χ3n) is 16.0. The maximum atomic E-state index is 12.4. The van der Waals surface area contributed by atoms with Crippen molar-refractivity contribution >= 4 is 11.9 Å². The molecule has 0 aromatic carbocycles. The zero-order valence-electron chi connectivity index (χ0n) is 51.1. The third-order valence-corrected chi connectivity index (χ3v) is 16.0. The number of unbranched alkanes of at least 4 members (excludes halogenated alkanes) is 53. The number of allylic oxidation sites excluding steroid dienone is 4. The number of hydrogen-bond acceptors (Lipinski definition) is 5. The molecule has 0 amide bonds. The molecule has 75 heavy (non-hydrogen) atoms. The van der Waals surface area contributed by atoms with Crippen LogP contribution < -0.4 is 0 Å². The van der Waals surface area contributed by atoms with Crippen LogP contribution in [0.15, 0.2) is 24.3 Å². The van der Waals surface area contributed by atoms with Gasteiger partial charge in [-0.1, -0.05) is 359 Å². The Kier molecular flexibility index (Phi) is 65.2. The van der Waals surface area contributed by atoms with E-state index in [0.29, 0.717) is 12.8 Å². The second-order valence-electron chi connectivity index (χ2n) is 23.6. The second-order valence-corrected chi connectivity index (χ2v) is 23.6. The van der Waals surface area contributed by atoms with Crippen LogP contribution in [0.25, 0.3) is 0 Å². The summed E-state index contributed by atoms with van der Waals surface area (Å²) in [4.78, 5) is 24.6. The lowest BCUT2D eigenvalue weighted by Crippen LogP contribution is -2.28. The molecule has 1 atom stereocenters. The molecule has 0 aliphatic carbocycles. The van der Waals surface area contributed by atoms with Gasteiger partial charge in [0.2, 0.25) is 0 Å². The van der Waals surface area contributed by atoms with Crippen molar-refractivity contribution in [3.05, 3.63) is 24.3 Å². The van der Waals surface area contributed by atoms with Gasteiger partial charge < -0.3 is 14.6 Å². The quantitative estimate of drug-likeness (QED) is 0.0373. The fourth-order valence-corrected chi connectivity index (χ4v) is 10.8. The van der Waals surface area contributed by atoms with E-state index in [2.05, 4.69) is 38.2 Å². The minimum Gasteiger partial charge on any atom is -0.462 e. The van der Waals surface area contributed by atoms with Crippen molar-refractivity contribution in [3.8, 4) is 0 Å². The van der Waals surface area contributed by atoms with Gasteiger partial charge in [0.05, 0.1) is 6.61 Å². The highest BCUT2D eigenvalue weighted by molar-refractivity contribution is 5.70. The van der Waals surface area contributed by atoms with Crippen LogP contribution in [0.3, 0.4) is 0 Å². The van der Waals surface area contributed by atoms with E-state index in [1.165, 1.54) is 327 Å². The van der Waals surface area contributed by atoms with Crippen molar-refractivity contribution in [1.82, 2.24) is 0 Å². The van der Waals surface area contributed by atoms with Gasteiger partial charge in [0.15, 0.2) is 6.10 Å². The van der Waals surface area contributed by atoms with Gasteiger partial charge in [-0.05, 0) is 44.9 Å².